The molecule has 44 heavy (non-hydrogen) atoms. The first kappa shape index (κ1) is 30.6. The number of aromatic amines is 1. The normalized spacial score (nSPS) is 14.4. The summed E-state index contributed by atoms with van der Waals surface area (Å²) in [5, 5.41) is 16.3. The Bertz CT molecular complexity index is 1720. The second kappa shape index (κ2) is 11.7. The van der Waals surface area contributed by atoms with Crippen LogP contribution in [-0.4, -0.2) is 43.9 Å². The molecule has 0 aliphatic carbocycles. The molecule has 13 heteroatoms. The number of H-pyrrole nitrogens is 1. The van der Waals surface area contributed by atoms with E-state index in [0.29, 0.717) is 17.8 Å². The van der Waals surface area contributed by atoms with Crippen LogP contribution in [0.3, 0.4) is 0 Å². The molecule has 2 N–H and O–H groups in total. The minimum absolute atomic E-state index is 0.00958. The zero-order valence-corrected chi connectivity index (χ0v) is 23.9. The number of nitrogens with zero attached hydrogens (tertiary/aromatic N) is 4. The lowest BCUT2D eigenvalue weighted by molar-refractivity contribution is -0.157. The number of carboxylic acids is 1. The van der Waals surface area contributed by atoms with Gasteiger partial charge in [0.25, 0.3) is 0 Å². The number of fused-ring (bicyclic) bond motifs is 1. The first-order chi connectivity index (χ1) is 20.9. The zero-order valence-electron chi connectivity index (χ0n) is 23.9. The highest BCUT2D eigenvalue weighted by atomic mass is 19.4. The number of hydrazone groups is 1. The number of pyridine rings is 1. The molecule has 0 radical (unpaired) electrons. The monoisotopic (exact) mass is 613 g/mol. The van der Waals surface area contributed by atoms with Gasteiger partial charge in [-0.1, -0.05) is 32.9 Å². The van der Waals surface area contributed by atoms with Gasteiger partial charge in [0.05, 0.1) is 47.6 Å². The van der Waals surface area contributed by atoms with Crippen molar-refractivity contribution >= 4 is 12.2 Å². The third-order valence-electron chi connectivity index (χ3n) is 7.46. The maximum atomic E-state index is 14.4. The lowest BCUT2D eigenvalue weighted by Crippen LogP contribution is -2.54. The van der Waals surface area contributed by atoms with Gasteiger partial charge in [0.15, 0.2) is 17.2 Å². The summed E-state index contributed by atoms with van der Waals surface area (Å²) in [6.45, 7) is 5.32. The van der Waals surface area contributed by atoms with E-state index in [9.17, 15) is 31.9 Å². The Morgan fingerprint density at radius 3 is 2.52 bits per heavy atom. The van der Waals surface area contributed by atoms with Crippen molar-refractivity contribution in [3.63, 3.8) is 0 Å². The minimum atomic E-state index is -4.69. The molecule has 5 rings (SSSR count). The highest BCUT2D eigenvalue weighted by Crippen LogP contribution is 2.42. The number of aliphatic carboxylic acids is 1. The van der Waals surface area contributed by atoms with E-state index in [-0.39, 0.29) is 47.1 Å². The van der Waals surface area contributed by atoms with E-state index in [0.717, 1.165) is 12.1 Å². The van der Waals surface area contributed by atoms with E-state index in [4.69, 9.17) is 4.74 Å². The smallest absolute Gasteiger partial charge is 0.417 e. The van der Waals surface area contributed by atoms with Gasteiger partial charge in [0, 0.05) is 17.3 Å². The molecule has 4 aromatic rings. The van der Waals surface area contributed by atoms with E-state index >= 15 is 0 Å². The first-order valence-electron chi connectivity index (χ1n) is 13.8. The summed E-state index contributed by atoms with van der Waals surface area (Å²) < 4.78 is 75.6. The Hall–Kier alpha value is -4.81. The number of nitrogens with one attached hydrogen (secondary N) is 1. The van der Waals surface area contributed by atoms with E-state index in [1.807, 2.05) is 6.92 Å². The van der Waals surface area contributed by atoms with Crippen molar-refractivity contribution in [2.75, 3.05) is 6.61 Å². The van der Waals surface area contributed by atoms with Crippen LogP contribution >= 0.6 is 0 Å². The van der Waals surface area contributed by atoms with Crippen molar-refractivity contribution in [3.8, 4) is 28.4 Å². The van der Waals surface area contributed by atoms with Crippen LogP contribution in [0.1, 0.15) is 49.7 Å². The van der Waals surface area contributed by atoms with Gasteiger partial charge in [-0.2, -0.15) is 18.3 Å². The third kappa shape index (κ3) is 5.38. The lowest BCUT2D eigenvalue weighted by Gasteiger charge is -2.42. The average Bonchev–Trinajstić information content (AvgIpc) is 3.41. The zero-order chi connectivity index (χ0) is 31.8. The van der Waals surface area contributed by atoms with Crippen molar-refractivity contribution in [2.45, 2.75) is 45.5 Å². The Morgan fingerprint density at radius 2 is 1.89 bits per heavy atom. The summed E-state index contributed by atoms with van der Waals surface area (Å²) in [5.74, 6) is -3.90. The predicted molar refractivity (Wildman–Crippen MR) is 152 cm³/mol. The van der Waals surface area contributed by atoms with Crippen LogP contribution in [0.5, 0.6) is 5.75 Å². The second-order valence-electron chi connectivity index (χ2n) is 10.6. The number of ether oxygens (including phenoxy) is 1. The largest absolute Gasteiger partial charge is 0.494 e. The van der Waals surface area contributed by atoms with Crippen molar-refractivity contribution in [1.29, 1.82) is 0 Å². The number of hydrogen-bond donors (Lipinski definition) is 2. The van der Waals surface area contributed by atoms with Crippen LogP contribution in [0.2, 0.25) is 0 Å². The van der Waals surface area contributed by atoms with Crippen molar-refractivity contribution in [1.82, 2.24) is 20.0 Å². The summed E-state index contributed by atoms with van der Waals surface area (Å²) in [4.78, 5) is 24.6. The number of alkyl halides is 3. The molecule has 2 aromatic carbocycles. The fraction of sp³-hybridized carbons (Fsp3) is 0.290. The molecule has 0 saturated carbocycles. The molecule has 230 valence electrons. The average molecular weight is 614 g/mol. The molecule has 0 amide bonds. The molecule has 8 nitrogen and oxygen atoms in total. The summed E-state index contributed by atoms with van der Waals surface area (Å²) in [7, 11) is 0. The van der Waals surface area contributed by atoms with E-state index in [2.05, 4.69) is 20.1 Å². The number of benzene rings is 2. The second-order valence-corrected chi connectivity index (χ2v) is 10.6. The molecule has 0 fully saturated rings. The third-order valence-corrected chi connectivity index (χ3v) is 7.46. The van der Waals surface area contributed by atoms with Crippen LogP contribution < -0.4 is 4.74 Å². The Balaban J connectivity index is 1.52. The van der Waals surface area contributed by atoms with Crippen LogP contribution in [0.25, 0.3) is 22.6 Å². The van der Waals surface area contributed by atoms with Gasteiger partial charge < -0.3 is 14.8 Å². The SMILES string of the molecule is CCCOc1ccc(-c2ccc(C(C(=O)O)(C(C)C)N3Cc4nc(-c5cccc(F)c5F)[nH]c4C=N3)cn2)c(C(F)(F)F)c1. The number of carboxylic acid groups (broad SMARTS) is 1. The topological polar surface area (TPSA) is 104 Å². The summed E-state index contributed by atoms with van der Waals surface area (Å²) >= 11 is 0. The van der Waals surface area contributed by atoms with Crippen LogP contribution in [0.15, 0.2) is 59.8 Å². The molecule has 0 spiro atoms. The van der Waals surface area contributed by atoms with Gasteiger partial charge >= 0.3 is 12.1 Å². The molecule has 3 heterocycles. The molecule has 1 unspecified atom stereocenters. The van der Waals surface area contributed by atoms with Gasteiger partial charge in [-0.25, -0.2) is 18.6 Å². The first-order valence-corrected chi connectivity index (χ1v) is 13.8. The molecule has 1 aliphatic heterocycles. The number of hydrogen-bond acceptors (Lipinski definition) is 6. The summed E-state index contributed by atoms with van der Waals surface area (Å²) in [5.41, 5.74) is -2.14. The van der Waals surface area contributed by atoms with E-state index in [1.54, 1.807) is 13.8 Å². The molecule has 1 atom stereocenters. The van der Waals surface area contributed by atoms with Gasteiger partial charge in [-0.05, 0) is 48.7 Å². The Morgan fingerprint density at radius 1 is 1.11 bits per heavy atom. The summed E-state index contributed by atoms with van der Waals surface area (Å²) in [6, 6.07) is 10.1. The molecule has 0 bridgehead atoms. The molecule has 2 aromatic heterocycles. The lowest BCUT2D eigenvalue weighted by atomic mass is 9.79. The highest BCUT2D eigenvalue weighted by Gasteiger charge is 2.50. The van der Waals surface area contributed by atoms with Crippen molar-refractivity contribution < 1.29 is 36.6 Å². The fourth-order valence-electron chi connectivity index (χ4n) is 5.32. The highest BCUT2D eigenvalue weighted by molar-refractivity contribution is 5.84. The molecular weight excluding hydrogens is 585 g/mol. The molecular formula is C31H28F5N5O3. The van der Waals surface area contributed by atoms with Gasteiger partial charge in [-0.15, -0.1) is 0 Å². The minimum Gasteiger partial charge on any atom is -0.494 e. The summed E-state index contributed by atoms with van der Waals surface area (Å²) in [6.07, 6.45) is -1.50. The Labute approximate surface area is 249 Å². The van der Waals surface area contributed by atoms with Crippen LogP contribution in [0.4, 0.5) is 22.0 Å². The number of rotatable bonds is 9. The number of aromatic nitrogens is 3. The van der Waals surface area contributed by atoms with Crippen LogP contribution in [0, 0.1) is 17.6 Å². The number of carbonyl (C=O) groups is 1. The van der Waals surface area contributed by atoms with Gasteiger partial charge in [0.1, 0.15) is 11.6 Å². The number of imidazole rings is 1. The van der Waals surface area contributed by atoms with Gasteiger partial charge in [0.2, 0.25) is 0 Å². The quantitative estimate of drug-likeness (QED) is 0.197. The molecule has 1 aliphatic rings. The van der Waals surface area contributed by atoms with Crippen LogP contribution in [-0.2, 0) is 23.1 Å². The maximum absolute atomic E-state index is 14.4. The van der Waals surface area contributed by atoms with E-state index < -0.39 is 40.8 Å². The van der Waals surface area contributed by atoms with Crippen molar-refractivity contribution in [3.05, 3.63) is 88.9 Å². The predicted octanol–water partition coefficient (Wildman–Crippen LogP) is 7.01. The van der Waals surface area contributed by atoms with Gasteiger partial charge in [-0.3, -0.25) is 9.99 Å². The van der Waals surface area contributed by atoms with Crippen molar-refractivity contribution in [2.24, 2.45) is 11.0 Å². The van der Waals surface area contributed by atoms with E-state index in [1.165, 1.54) is 53.8 Å². The standard InChI is InChI=1S/C31H28F5N5O3/c1-4-12-44-19-9-10-20(22(13-19)31(34,35)36)24-11-8-18(14-37-24)30(17(2)3,29(42)43)41-16-26-25(15-38-41)39-28(40-26)21-6-5-7-23(32)27(21)33/h5-11,13-15,17H,4,12,16H2,1-3H3,(H,39,40)(H,42,43). The fourth-order valence-corrected chi connectivity index (χ4v) is 5.32. The number of halogens is 5. The maximum Gasteiger partial charge on any atom is 0.417 e. The Kier molecular flexibility index (Phi) is 8.15. The molecule has 0 saturated heterocycles.